The predicted molar refractivity (Wildman–Crippen MR) is 135 cm³/mol. The van der Waals surface area contributed by atoms with Crippen molar-refractivity contribution < 1.29 is 32.7 Å². The van der Waals surface area contributed by atoms with Gasteiger partial charge in [0.25, 0.3) is 11.8 Å². The van der Waals surface area contributed by atoms with Gasteiger partial charge in [-0.05, 0) is 41.8 Å². The van der Waals surface area contributed by atoms with E-state index in [0.717, 1.165) is 17.1 Å². The van der Waals surface area contributed by atoms with Gasteiger partial charge < -0.3 is 10.1 Å². The van der Waals surface area contributed by atoms with Crippen molar-refractivity contribution in [3.8, 4) is 11.1 Å². The molecule has 0 fully saturated rings. The van der Waals surface area contributed by atoms with Crippen molar-refractivity contribution in [1.82, 2.24) is 10.7 Å². The molecular formula is C28H25F2N3O5. The first-order valence-electron chi connectivity index (χ1n) is 11.8. The number of hydrogen-bond acceptors (Lipinski definition) is 5. The summed E-state index contributed by atoms with van der Waals surface area (Å²) in [6.07, 6.45) is -0.360. The maximum Gasteiger partial charge on any atom is 0.261 e. The van der Waals surface area contributed by atoms with Crippen LogP contribution in [0.2, 0.25) is 0 Å². The summed E-state index contributed by atoms with van der Waals surface area (Å²) in [5.41, 5.74) is 4.73. The van der Waals surface area contributed by atoms with E-state index in [1.165, 1.54) is 14.0 Å². The van der Waals surface area contributed by atoms with Gasteiger partial charge in [-0.25, -0.2) is 13.8 Å². The lowest BCUT2D eigenvalue weighted by Crippen LogP contribution is -2.55. The molecule has 3 aromatic carbocycles. The maximum absolute atomic E-state index is 13.7. The summed E-state index contributed by atoms with van der Waals surface area (Å²) in [5, 5.41) is 3.48. The second-order valence-electron chi connectivity index (χ2n) is 8.83. The van der Waals surface area contributed by atoms with Crippen LogP contribution in [-0.4, -0.2) is 43.3 Å². The third kappa shape index (κ3) is 5.60. The molecule has 0 bridgehead atoms. The van der Waals surface area contributed by atoms with E-state index < -0.39 is 47.1 Å². The molecule has 0 saturated heterocycles. The first kappa shape index (κ1) is 26.6. The van der Waals surface area contributed by atoms with E-state index in [-0.39, 0.29) is 18.6 Å². The van der Waals surface area contributed by atoms with Crippen LogP contribution in [0.3, 0.4) is 0 Å². The number of hydrogen-bond donors (Lipinski definition) is 2. The number of nitrogens with zero attached hydrogens (tertiary/aromatic N) is 1. The van der Waals surface area contributed by atoms with Gasteiger partial charge in [0.2, 0.25) is 5.91 Å². The van der Waals surface area contributed by atoms with E-state index >= 15 is 0 Å². The molecule has 0 aliphatic carbocycles. The highest BCUT2D eigenvalue weighted by Gasteiger charge is 2.39. The van der Waals surface area contributed by atoms with Crippen molar-refractivity contribution in [2.45, 2.75) is 25.3 Å². The van der Waals surface area contributed by atoms with Crippen LogP contribution < -0.4 is 15.8 Å². The SMILES string of the molecule is COCC(=O)C1C(=O)N(NC(=O)[C@H](C)NC(=O)Cc2cc(F)cc(F)c2)c2ccccc2-c2ccccc21. The van der Waals surface area contributed by atoms with Crippen LogP contribution in [-0.2, 0) is 30.3 Å². The van der Waals surface area contributed by atoms with Crippen molar-refractivity contribution in [2.75, 3.05) is 18.7 Å². The largest absolute Gasteiger partial charge is 0.377 e. The second-order valence-corrected chi connectivity index (χ2v) is 8.83. The minimum atomic E-state index is -1.24. The molecule has 1 aliphatic rings. The van der Waals surface area contributed by atoms with Gasteiger partial charge in [0.05, 0.1) is 12.1 Å². The fraction of sp³-hybridized carbons (Fsp3) is 0.214. The van der Waals surface area contributed by atoms with Gasteiger partial charge in [-0.15, -0.1) is 0 Å². The lowest BCUT2D eigenvalue weighted by atomic mass is 9.88. The second kappa shape index (κ2) is 11.3. The summed E-state index contributed by atoms with van der Waals surface area (Å²) in [4.78, 5) is 52.3. The number of benzene rings is 3. The standard InChI is InChI=1S/C28H25F2N3O5/c1-16(31-25(35)13-17-11-18(29)14-19(30)12-17)27(36)32-33-23-10-6-5-8-21(23)20-7-3-4-9-22(20)26(28(33)37)24(34)15-38-2/h3-12,14,16,26H,13,15H2,1-2H3,(H,31,35)(H,32,36)/t16-,26?/m0/s1. The number of rotatable bonds is 8. The van der Waals surface area contributed by atoms with Crippen molar-refractivity contribution in [2.24, 2.45) is 0 Å². The minimum Gasteiger partial charge on any atom is -0.377 e. The smallest absolute Gasteiger partial charge is 0.261 e. The van der Waals surface area contributed by atoms with E-state index in [0.29, 0.717) is 28.4 Å². The number of fused-ring (bicyclic) bond motifs is 3. The number of Topliss-reactive ketones (excluding diaryl/α,β-unsaturated/α-hetero) is 1. The molecule has 196 valence electrons. The molecule has 1 heterocycles. The van der Waals surface area contributed by atoms with Crippen molar-refractivity contribution in [3.05, 3.63) is 89.5 Å². The van der Waals surface area contributed by atoms with Crippen LogP contribution in [0.5, 0.6) is 0 Å². The summed E-state index contributed by atoms with van der Waals surface area (Å²) >= 11 is 0. The number of para-hydroxylation sites is 1. The van der Waals surface area contributed by atoms with Crippen molar-refractivity contribution >= 4 is 29.2 Å². The van der Waals surface area contributed by atoms with Crippen LogP contribution >= 0.6 is 0 Å². The highest BCUT2D eigenvalue weighted by Crippen LogP contribution is 2.40. The van der Waals surface area contributed by atoms with Gasteiger partial charge >= 0.3 is 0 Å². The molecule has 1 aliphatic heterocycles. The van der Waals surface area contributed by atoms with E-state index in [4.69, 9.17) is 4.74 Å². The Labute approximate surface area is 217 Å². The number of halogens is 2. The maximum atomic E-state index is 13.7. The summed E-state index contributed by atoms with van der Waals surface area (Å²) in [5.74, 6) is -5.46. The van der Waals surface area contributed by atoms with Crippen molar-refractivity contribution in [1.29, 1.82) is 0 Å². The predicted octanol–water partition coefficient (Wildman–Crippen LogP) is 3.06. The molecule has 10 heteroatoms. The number of amides is 3. The number of ether oxygens (including phenoxy) is 1. The molecule has 0 radical (unpaired) electrons. The molecule has 2 N–H and O–H groups in total. The monoisotopic (exact) mass is 521 g/mol. The Kier molecular flexibility index (Phi) is 7.92. The zero-order valence-corrected chi connectivity index (χ0v) is 20.7. The first-order valence-corrected chi connectivity index (χ1v) is 11.8. The third-order valence-electron chi connectivity index (χ3n) is 6.06. The van der Waals surface area contributed by atoms with E-state index in [9.17, 15) is 28.0 Å². The average molecular weight is 522 g/mol. The number of carbonyl (C=O) groups is 4. The van der Waals surface area contributed by atoms with E-state index in [1.54, 1.807) is 48.5 Å². The number of anilines is 1. The summed E-state index contributed by atoms with van der Waals surface area (Å²) in [7, 11) is 1.35. The number of ketones is 1. The van der Waals surface area contributed by atoms with Crippen LogP contribution in [0.4, 0.5) is 14.5 Å². The zero-order chi connectivity index (χ0) is 27.4. The Morgan fingerprint density at radius 3 is 2.29 bits per heavy atom. The molecule has 0 saturated carbocycles. The van der Waals surface area contributed by atoms with E-state index in [2.05, 4.69) is 10.7 Å². The lowest BCUT2D eigenvalue weighted by Gasteiger charge is -2.27. The Morgan fingerprint density at radius 2 is 1.61 bits per heavy atom. The van der Waals surface area contributed by atoms with Crippen LogP contribution in [0.1, 0.15) is 24.0 Å². The Hall–Kier alpha value is -4.44. The highest BCUT2D eigenvalue weighted by molar-refractivity contribution is 6.17. The Morgan fingerprint density at radius 1 is 0.974 bits per heavy atom. The summed E-state index contributed by atoms with van der Waals surface area (Å²) in [6, 6.07) is 15.5. The molecule has 4 rings (SSSR count). The van der Waals surface area contributed by atoms with Gasteiger partial charge in [0.15, 0.2) is 5.78 Å². The molecule has 38 heavy (non-hydrogen) atoms. The van der Waals surface area contributed by atoms with Crippen LogP contribution in [0.25, 0.3) is 11.1 Å². The molecular weight excluding hydrogens is 496 g/mol. The van der Waals surface area contributed by atoms with Crippen molar-refractivity contribution in [3.63, 3.8) is 0 Å². The Balaban J connectivity index is 1.59. The van der Waals surface area contributed by atoms with Gasteiger partial charge in [0.1, 0.15) is 30.2 Å². The normalized spacial score (nSPS) is 15.1. The van der Waals surface area contributed by atoms with Gasteiger partial charge in [-0.3, -0.25) is 24.6 Å². The quantitative estimate of drug-likeness (QED) is 0.444. The fourth-order valence-electron chi connectivity index (χ4n) is 4.39. The number of methoxy groups -OCH3 is 1. The lowest BCUT2D eigenvalue weighted by molar-refractivity contribution is -0.133. The Bertz CT molecular complexity index is 1390. The molecule has 2 atom stereocenters. The number of carbonyl (C=O) groups excluding carboxylic acids is 4. The molecule has 3 aromatic rings. The molecule has 3 amide bonds. The molecule has 1 unspecified atom stereocenters. The molecule has 8 nitrogen and oxygen atoms in total. The number of nitrogens with one attached hydrogen (secondary N) is 2. The average Bonchev–Trinajstić information content (AvgIpc) is 2.96. The van der Waals surface area contributed by atoms with Crippen LogP contribution in [0.15, 0.2) is 66.7 Å². The zero-order valence-electron chi connectivity index (χ0n) is 20.7. The molecule has 0 spiro atoms. The van der Waals surface area contributed by atoms with Gasteiger partial charge in [-0.1, -0.05) is 42.5 Å². The first-order chi connectivity index (χ1) is 18.2. The number of hydrazine groups is 1. The van der Waals surface area contributed by atoms with E-state index in [1.807, 2.05) is 0 Å². The van der Waals surface area contributed by atoms with Gasteiger partial charge in [0, 0.05) is 18.7 Å². The van der Waals surface area contributed by atoms with Gasteiger partial charge in [-0.2, -0.15) is 0 Å². The summed E-state index contributed by atoms with van der Waals surface area (Å²) in [6.45, 7) is 1.09. The highest BCUT2D eigenvalue weighted by atomic mass is 19.1. The summed E-state index contributed by atoms with van der Waals surface area (Å²) < 4.78 is 31.9. The molecule has 0 aromatic heterocycles. The fourth-order valence-corrected chi connectivity index (χ4v) is 4.39. The minimum absolute atomic E-state index is 0.0986. The topological polar surface area (TPSA) is 105 Å². The van der Waals surface area contributed by atoms with Crippen LogP contribution in [0, 0.1) is 11.6 Å². The third-order valence-corrected chi connectivity index (χ3v) is 6.06.